The highest BCUT2D eigenvalue weighted by Gasteiger charge is 2.30. The van der Waals surface area contributed by atoms with E-state index in [1.54, 1.807) is 25.3 Å². The van der Waals surface area contributed by atoms with Gasteiger partial charge in [0.1, 0.15) is 6.61 Å². The third-order valence-electron chi connectivity index (χ3n) is 3.37. The molecule has 0 aromatic heterocycles. The highest BCUT2D eigenvalue weighted by atomic mass is 16.5. The highest BCUT2D eigenvalue weighted by molar-refractivity contribution is 6.22. The van der Waals surface area contributed by atoms with Crippen molar-refractivity contribution in [1.29, 1.82) is 0 Å². The maximum Gasteiger partial charge on any atom is 0.194 e. The van der Waals surface area contributed by atoms with Crippen LogP contribution in [-0.2, 0) is 0 Å². The molecule has 0 amide bonds. The average molecular weight is 266 g/mol. The summed E-state index contributed by atoms with van der Waals surface area (Å²) in [6.07, 6.45) is 1.67. The maximum absolute atomic E-state index is 12.4. The Labute approximate surface area is 117 Å². The predicted molar refractivity (Wildman–Crippen MR) is 77.6 cm³/mol. The number of ketones is 1. The Balaban J connectivity index is 2.23. The molecule has 1 aliphatic rings. The van der Waals surface area contributed by atoms with E-state index in [9.17, 15) is 4.79 Å². The topological polar surface area (TPSA) is 35.5 Å². The molecule has 3 rings (SSSR count). The van der Waals surface area contributed by atoms with Crippen molar-refractivity contribution in [2.45, 2.75) is 0 Å². The molecule has 3 heteroatoms. The zero-order valence-corrected chi connectivity index (χ0v) is 11.2. The number of fused-ring (bicyclic) bond motifs is 3. The molecule has 2 aromatic carbocycles. The van der Waals surface area contributed by atoms with Gasteiger partial charge in [-0.05, 0) is 17.7 Å². The molecule has 0 spiro atoms. The van der Waals surface area contributed by atoms with Crippen LogP contribution in [0, 0.1) is 0 Å². The Hall–Kier alpha value is -2.55. The number of carbonyl (C=O) groups is 1. The lowest BCUT2D eigenvalue weighted by molar-refractivity contribution is 0.104. The minimum atomic E-state index is 0.0316. The van der Waals surface area contributed by atoms with Crippen LogP contribution in [0.4, 0.5) is 0 Å². The van der Waals surface area contributed by atoms with Gasteiger partial charge in [0.25, 0.3) is 0 Å². The van der Waals surface area contributed by atoms with Gasteiger partial charge >= 0.3 is 0 Å². The molecule has 0 fully saturated rings. The van der Waals surface area contributed by atoms with Crippen LogP contribution >= 0.6 is 0 Å². The van der Waals surface area contributed by atoms with Crippen molar-refractivity contribution < 1.29 is 14.3 Å². The fourth-order valence-electron chi connectivity index (χ4n) is 2.53. The van der Waals surface area contributed by atoms with Gasteiger partial charge in [0.15, 0.2) is 17.3 Å². The largest absolute Gasteiger partial charge is 0.492 e. The van der Waals surface area contributed by atoms with E-state index in [4.69, 9.17) is 9.47 Å². The molecule has 0 saturated heterocycles. The van der Waals surface area contributed by atoms with Gasteiger partial charge in [-0.1, -0.05) is 36.9 Å². The van der Waals surface area contributed by atoms with E-state index in [0.717, 1.165) is 11.1 Å². The summed E-state index contributed by atoms with van der Waals surface area (Å²) >= 11 is 0. The second-order valence-electron chi connectivity index (χ2n) is 4.49. The standard InChI is InChI=1S/C17H14O3/c1-3-10-20-14-9-8-13-15(17(14)19-2)11-6-4-5-7-12(11)16(13)18/h3-9H,1,10H2,2H3. The molecular weight excluding hydrogens is 252 g/mol. The van der Waals surface area contributed by atoms with Gasteiger partial charge in [0, 0.05) is 16.7 Å². The number of hydrogen-bond donors (Lipinski definition) is 0. The van der Waals surface area contributed by atoms with Crippen LogP contribution in [0.15, 0.2) is 49.1 Å². The Kier molecular flexibility index (Phi) is 3.03. The van der Waals surface area contributed by atoms with Gasteiger partial charge in [0.2, 0.25) is 0 Å². The fraction of sp³-hybridized carbons (Fsp3) is 0.118. The molecule has 100 valence electrons. The molecular formula is C17H14O3. The molecule has 20 heavy (non-hydrogen) atoms. The quantitative estimate of drug-likeness (QED) is 0.678. The van der Waals surface area contributed by atoms with Crippen molar-refractivity contribution >= 4 is 5.78 Å². The molecule has 0 atom stereocenters. The van der Waals surface area contributed by atoms with Gasteiger partial charge in [-0.25, -0.2) is 0 Å². The minimum Gasteiger partial charge on any atom is -0.492 e. The summed E-state index contributed by atoms with van der Waals surface area (Å²) in [5.41, 5.74) is 3.08. The third-order valence-corrected chi connectivity index (χ3v) is 3.37. The zero-order chi connectivity index (χ0) is 14.1. The average Bonchev–Trinajstić information content (AvgIpc) is 2.78. The first-order chi connectivity index (χ1) is 9.77. The number of methoxy groups -OCH3 is 1. The number of ether oxygens (including phenoxy) is 2. The molecule has 0 bridgehead atoms. The lowest BCUT2D eigenvalue weighted by Gasteiger charge is -2.13. The number of rotatable bonds is 4. The highest BCUT2D eigenvalue weighted by Crippen LogP contribution is 2.46. The summed E-state index contributed by atoms with van der Waals surface area (Å²) in [5, 5.41) is 0. The van der Waals surface area contributed by atoms with Crippen LogP contribution in [-0.4, -0.2) is 19.5 Å². The maximum atomic E-state index is 12.4. The monoisotopic (exact) mass is 266 g/mol. The Morgan fingerprint density at radius 1 is 1.10 bits per heavy atom. The summed E-state index contributed by atoms with van der Waals surface area (Å²) in [4.78, 5) is 12.4. The van der Waals surface area contributed by atoms with E-state index in [-0.39, 0.29) is 5.78 Å². The zero-order valence-electron chi connectivity index (χ0n) is 11.2. The molecule has 0 saturated carbocycles. The van der Waals surface area contributed by atoms with E-state index < -0.39 is 0 Å². The van der Waals surface area contributed by atoms with Crippen molar-refractivity contribution in [3.63, 3.8) is 0 Å². The van der Waals surface area contributed by atoms with Crippen molar-refractivity contribution in [2.24, 2.45) is 0 Å². The van der Waals surface area contributed by atoms with Gasteiger partial charge < -0.3 is 9.47 Å². The van der Waals surface area contributed by atoms with Gasteiger partial charge in [-0.15, -0.1) is 0 Å². The van der Waals surface area contributed by atoms with Crippen LogP contribution < -0.4 is 9.47 Å². The van der Waals surface area contributed by atoms with E-state index >= 15 is 0 Å². The second kappa shape index (κ2) is 4.85. The van der Waals surface area contributed by atoms with E-state index in [1.807, 2.05) is 24.3 Å². The Morgan fingerprint density at radius 3 is 2.55 bits per heavy atom. The van der Waals surface area contributed by atoms with Crippen molar-refractivity contribution in [3.05, 3.63) is 60.2 Å². The normalized spacial score (nSPS) is 11.8. The summed E-state index contributed by atoms with van der Waals surface area (Å²) in [6, 6.07) is 11.1. The summed E-state index contributed by atoms with van der Waals surface area (Å²) in [7, 11) is 1.59. The molecule has 0 heterocycles. The lowest BCUT2D eigenvalue weighted by atomic mass is 10.0. The van der Waals surface area contributed by atoms with Crippen LogP contribution in [0.3, 0.4) is 0 Å². The first-order valence-electron chi connectivity index (χ1n) is 6.36. The van der Waals surface area contributed by atoms with E-state index in [0.29, 0.717) is 29.2 Å². The summed E-state index contributed by atoms with van der Waals surface area (Å²) in [6.45, 7) is 4.03. The van der Waals surface area contributed by atoms with Gasteiger partial charge in [0.05, 0.1) is 7.11 Å². The number of benzene rings is 2. The van der Waals surface area contributed by atoms with Crippen molar-refractivity contribution in [1.82, 2.24) is 0 Å². The van der Waals surface area contributed by atoms with Crippen molar-refractivity contribution in [3.8, 4) is 22.6 Å². The smallest absolute Gasteiger partial charge is 0.194 e. The second-order valence-corrected chi connectivity index (χ2v) is 4.49. The minimum absolute atomic E-state index is 0.0316. The molecule has 0 radical (unpaired) electrons. The summed E-state index contributed by atoms with van der Waals surface area (Å²) in [5.74, 6) is 1.25. The SMILES string of the molecule is C=CCOc1ccc2c(c1OC)-c1ccccc1C2=O. The third kappa shape index (κ3) is 1.71. The number of hydrogen-bond acceptors (Lipinski definition) is 3. The van der Waals surface area contributed by atoms with Crippen LogP contribution in [0.25, 0.3) is 11.1 Å². The molecule has 0 N–H and O–H groups in total. The molecule has 0 aliphatic heterocycles. The Morgan fingerprint density at radius 2 is 1.85 bits per heavy atom. The first kappa shape index (κ1) is 12.5. The van der Waals surface area contributed by atoms with Crippen LogP contribution in [0.1, 0.15) is 15.9 Å². The number of carbonyl (C=O) groups excluding carboxylic acids is 1. The van der Waals surface area contributed by atoms with E-state index in [1.165, 1.54) is 0 Å². The summed E-state index contributed by atoms with van der Waals surface area (Å²) < 4.78 is 11.1. The molecule has 1 aliphatic carbocycles. The lowest BCUT2D eigenvalue weighted by Crippen LogP contribution is -1.99. The van der Waals surface area contributed by atoms with Crippen LogP contribution in [0.2, 0.25) is 0 Å². The Bertz CT molecular complexity index is 701. The van der Waals surface area contributed by atoms with Crippen molar-refractivity contribution in [2.75, 3.05) is 13.7 Å². The molecule has 0 unspecified atom stereocenters. The van der Waals surface area contributed by atoms with Gasteiger partial charge in [-0.3, -0.25) is 4.79 Å². The van der Waals surface area contributed by atoms with Gasteiger partial charge in [-0.2, -0.15) is 0 Å². The van der Waals surface area contributed by atoms with E-state index in [2.05, 4.69) is 6.58 Å². The van der Waals surface area contributed by atoms with Crippen LogP contribution in [0.5, 0.6) is 11.5 Å². The molecule has 3 nitrogen and oxygen atoms in total. The predicted octanol–water partition coefficient (Wildman–Crippen LogP) is 3.47. The first-order valence-corrected chi connectivity index (χ1v) is 6.36. The molecule has 2 aromatic rings. The fourth-order valence-corrected chi connectivity index (χ4v) is 2.53.